The molecule has 13 heavy (non-hydrogen) atoms. The highest BCUT2D eigenvalue weighted by molar-refractivity contribution is 5.71. The lowest BCUT2D eigenvalue weighted by Gasteiger charge is -2.08. The van der Waals surface area contributed by atoms with Crippen LogP contribution in [-0.2, 0) is 0 Å². The predicted molar refractivity (Wildman–Crippen MR) is 47.7 cm³/mol. The van der Waals surface area contributed by atoms with E-state index >= 15 is 0 Å². The maximum absolute atomic E-state index is 5.24. The molecule has 0 aliphatic carbocycles. The first-order valence-corrected chi connectivity index (χ1v) is 4.57. The molecule has 1 saturated heterocycles. The topological polar surface area (TPSA) is 16.1 Å². The third kappa shape index (κ3) is 2.88. The summed E-state index contributed by atoms with van der Waals surface area (Å²) >= 11 is 0. The molecule has 0 bridgehead atoms. The van der Waals surface area contributed by atoms with E-state index in [1.807, 2.05) is 12.1 Å². The van der Waals surface area contributed by atoms with E-state index in [0.29, 0.717) is 0 Å². The number of rotatable bonds is 1. The number of halogens is 1. The molecule has 72 valence electrons. The van der Waals surface area contributed by atoms with Crippen molar-refractivity contribution in [2.45, 2.75) is 19.3 Å². The molecule has 0 spiro atoms. The molecule has 1 aliphatic heterocycles. The number of piperidine rings is 1. The Balaban J connectivity index is 0.000000845. The highest BCUT2D eigenvalue weighted by Crippen LogP contribution is 2.04. The summed E-state index contributed by atoms with van der Waals surface area (Å²) in [5.41, 5.74) is 0. The molecule has 3 heteroatoms. The van der Waals surface area contributed by atoms with Crippen LogP contribution in [0.3, 0.4) is 0 Å². The van der Waals surface area contributed by atoms with Crippen LogP contribution in [0.5, 0.6) is 0 Å². The van der Waals surface area contributed by atoms with Gasteiger partial charge in [-0.05, 0) is 18.6 Å². The van der Waals surface area contributed by atoms with Crippen molar-refractivity contribution in [3.63, 3.8) is 0 Å². The van der Waals surface area contributed by atoms with Gasteiger partial charge in [-0.15, -0.1) is 0 Å². The maximum atomic E-state index is 5.24. The fourth-order valence-corrected chi connectivity index (χ4v) is 1.59. The summed E-state index contributed by atoms with van der Waals surface area (Å²) in [4.78, 5) is 0. The van der Waals surface area contributed by atoms with Crippen molar-refractivity contribution in [1.29, 1.82) is 0 Å². The summed E-state index contributed by atoms with van der Waals surface area (Å²) in [6.07, 6.45) is 7.84. The van der Waals surface area contributed by atoms with Crippen LogP contribution in [0.4, 0.5) is 0 Å². The first-order valence-electron chi connectivity index (χ1n) is 4.57. The van der Waals surface area contributed by atoms with Gasteiger partial charge in [-0.3, -0.25) is 0 Å². The van der Waals surface area contributed by atoms with Crippen molar-refractivity contribution in [2.24, 2.45) is 0 Å². The second-order valence-corrected chi connectivity index (χ2v) is 3.24. The third-order valence-electron chi connectivity index (χ3n) is 2.24. The van der Waals surface area contributed by atoms with Crippen molar-refractivity contribution < 1.29 is 21.4 Å². The van der Waals surface area contributed by atoms with Gasteiger partial charge in [0.15, 0.2) is 5.76 Å². The van der Waals surface area contributed by atoms with E-state index in [9.17, 15) is 0 Å². The molecule has 2 heterocycles. The lowest BCUT2D eigenvalue weighted by molar-refractivity contribution is -0.532. The molecular formula is C10H14ClNO. The van der Waals surface area contributed by atoms with E-state index in [1.165, 1.54) is 32.4 Å². The van der Waals surface area contributed by atoms with Crippen LogP contribution in [-0.4, -0.2) is 23.9 Å². The Hall–Kier alpha value is -0.760. The summed E-state index contributed by atoms with van der Waals surface area (Å²) in [6, 6.07) is 3.92. The number of furan rings is 1. The van der Waals surface area contributed by atoms with Gasteiger partial charge >= 0.3 is 0 Å². The lowest BCUT2D eigenvalue weighted by atomic mass is 10.2. The van der Waals surface area contributed by atoms with Crippen LogP contribution >= 0.6 is 0 Å². The Labute approximate surface area is 84.7 Å². The summed E-state index contributed by atoms with van der Waals surface area (Å²) in [5.74, 6) is 0.969. The molecule has 0 unspecified atom stereocenters. The first kappa shape index (κ1) is 10.3. The lowest BCUT2D eigenvalue weighted by Crippen LogP contribution is -3.00. The molecule has 2 rings (SSSR count). The molecule has 0 saturated carbocycles. The smallest absolute Gasteiger partial charge is 0.206 e. The Morgan fingerprint density at radius 2 is 2.00 bits per heavy atom. The van der Waals surface area contributed by atoms with Gasteiger partial charge in [0.2, 0.25) is 6.21 Å². The monoisotopic (exact) mass is 199 g/mol. The highest BCUT2D eigenvalue weighted by atomic mass is 35.5. The number of hydrogen-bond acceptors (Lipinski definition) is 1. The van der Waals surface area contributed by atoms with Gasteiger partial charge in [-0.1, -0.05) is 0 Å². The van der Waals surface area contributed by atoms with Crippen molar-refractivity contribution in [2.75, 3.05) is 13.1 Å². The van der Waals surface area contributed by atoms with Crippen molar-refractivity contribution in [3.05, 3.63) is 24.2 Å². The SMILES string of the molecule is C(c1ccco1)=[N+]1CCCCC1.[Cl-]. The van der Waals surface area contributed by atoms with Crippen LogP contribution < -0.4 is 12.4 Å². The van der Waals surface area contributed by atoms with Crippen LogP contribution in [0.15, 0.2) is 22.8 Å². The van der Waals surface area contributed by atoms with Crippen LogP contribution in [0, 0.1) is 0 Å². The fourth-order valence-electron chi connectivity index (χ4n) is 1.59. The maximum Gasteiger partial charge on any atom is 0.206 e. The molecular weight excluding hydrogens is 186 g/mol. The number of hydrogen-bond donors (Lipinski definition) is 0. The minimum atomic E-state index is 0. The normalized spacial score (nSPS) is 16.5. The Bertz CT molecular complexity index is 258. The molecule has 0 aromatic carbocycles. The Morgan fingerprint density at radius 3 is 2.62 bits per heavy atom. The van der Waals surface area contributed by atoms with Crippen molar-refractivity contribution >= 4 is 6.21 Å². The zero-order valence-electron chi connectivity index (χ0n) is 7.58. The molecule has 1 fully saturated rings. The van der Waals surface area contributed by atoms with E-state index in [1.54, 1.807) is 6.26 Å². The predicted octanol–water partition coefficient (Wildman–Crippen LogP) is -1.10. The van der Waals surface area contributed by atoms with E-state index in [-0.39, 0.29) is 12.4 Å². The van der Waals surface area contributed by atoms with E-state index in [0.717, 1.165) is 5.76 Å². The minimum Gasteiger partial charge on any atom is -1.00 e. The molecule has 2 nitrogen and oxygen atoms in total. The first-order chi connectivity index (χ1) is 5.95. The van der Waals surface area contributed by atoms with E-state index in [4.69, 9.17) is 4.42 Å². The van der Waals surface area contributed by atoms with Crippen molar-refractivity contribution in [1.82, 2.24) is 0 Å². The highest BCUT2D eigenvalue weighted by Gasteiger charge is 2.10. The molecule has 0 atom stereocenters. The second-order valence-electron chi connectivity index (χ2n) is 3.24. The molecule has 0 radical (unpaired) electrons. The van der Waals surface area contributed by atoms with Gasteiger partial charge in [-0.25, -0.2) is 4.58 Å². The zero-order chi connectivity index (χ0) is 8.23. The molecule has 1 aromatic rings. The molecule has 0 amide bonds. The van der Waals surface area contributed by atoms with Crippen molar-refractivity contribution in [3.8, 4) is 0 Å². The Morgan fingerprint density at radius 1 is 1.23 bits per heavy atom. The summed E-state index contributed by atoms with van der Waals surface area (Å²) < 4.78 is 7.57. The van der Waals surface area contributed by atoms with E-state index < -0.39 is 0 Å². The minimum absolute atomic E-state index is 0. The third-order valence-corrected chi connectivity index (χ3v) is 2.24. The quantitative estimate of drug-likeness (QED) is 0.525. The average Bonchev–Trinajstić information content (AvgIpc) is 2.59. The average molecular weight is 200 g/mol. The molecule has 1 aliphatic rings. The zero-order valence-corrected chi connectivity index (χ0v) is 8.33. The van der Waals surface area contributed by atoms with Gasteiger partial charge in [0.1, 0.15) is 13.1 Å². The van der Waals surface area contributed by atoms with E-state index in [2.05, 4.69) is 10.8 Å². The Kier molecular flexibility index (Phi) is 4.03. The van der Waals surface area contributed by atoms with Crippen LogP contribution in [0.1, 0.15) is 25.0 Å². The van der Waals surface area contributed by atoms with Gasteiger partial charge < -0.3 is 16.8 Å². The summed E-state index contributed by atoms with van der Waals surface area (Å²) in [7, 11) is 0. The summed E-state index contributed by atoms with van der Waals surface area (Å²) in [6.45, 7) is 2.36. The summed E-state index contributed by atoms with van der Waals surface area (Å²) in [5, 5.41) is 0. The van der Waals surface area contributed by atoms with Crippen LogP contribution in [0.2, 0.25) is 0 Å². The largest absolute Gasteiger partial charge is 1.00 e. The van der Waals surface area contributed by atoms with Gasteiger partial charge in [0.25, 0.3) is 0 Å². The van der Waals surface area contributed by atoms with Gasteiger partial charge in [-0.2, -0.15) is 0 Å². The standard InChI is InChI=1S/C10H14NO.ClH/c1-2-6-11(7-3-1)9-10-5-4-8-12-10;/h4-5,8-9H,1-3,6-7H2;1H/q+1;/p-1. The number of nitrogens with zero attached hydrogens (tertiary/aromatic N) is 1. The fraction of sp³-hybridized carbons (Fsp3) is 0.500. The molecule has 1 aromatic heterocycles. The van der Waals surface area contributed by atoms with Crippen LogP contribution in [0.25, 0.3) is 0 Å². The molecule has 0 N–H and O–H groups in total. The van der Waals surface area contributed by atoms with Gasteiger partial charge in [0, 0.05) is 12.8 Å². The second kappa shape index (κ2) is 5.07. The van der Waals surface area contributed by atoms with Gasteiger partial charge in [0.05, 0.1) is 6.26 Å².